The van der Waals surface area contributed by atoms with E-state index in [2.05, 4.69) is 5.32 Å². The van der Waals surface area contributed by atoms with Gasteiger partial charge in [-0.2, -0.15) is 5.26 Å². The summed E-state index contributed by atoms with van der Waals surface area (Å²) in [6, 6.07) is 9.71. The molecule has 0 spiro atoms. The molecule has 134 valence electrons. The van der Waals surface area contributed by atoms with Gasteiger partial charge >= 0.3 is 0 Å². The summed E-state index contributed by atoms with van der Waals surface area (Å²) in [5.41, 5.74) is -0.685. The molecule has 2 aromatic carbocycles. The van der Waals surface area contributed by atoms with Gasteiger partial charge in [0.1, 0.15) is 22.9 Å². The quantitative estimate of drug-likeness (QED) is 0.523. The van der Waals surface area contributed by atoms with Crippen molar-refractivity contribution in [3.05, 3.63) is 69.2 Å². The van der Waals surface area contributed by atoms with Crippen molar-refractivity contribution >= 4 is 34.0 Å². The molecule has 0 amide bonds. The SMILES string of the molecule is N#Cc1c(F)c(F)c2c(C(=O)c3ccccc3)c3n(c(=N)c2c1Cl)CCN3. The highest BCUT2D eigenvalue weighted by Crippen LogP contribution is 2.36. The molecule has 8 heteroatoms. The highest BCUT2D eigenvalue weighted by molar-refractivity contribution is 6.37. The van der Waals surface area contributed by atoms with Crippen molar-refractivity contribution in [2.45, 2.75) is 6.54 Å². The minimum Gasteiger partial charge on any atom is -0.369 e. The highest BCUT2D eigenvalue weighted by atomic mass is 35.5. The summed E-state index contributed by atoms with van der Waals surface area (Å²) in [7, 11) is 0. The zero-order valence-electron chi connectivity index (χ0n) is 13.7. The van der Waals surface area contributed by atoms with E-state index in [-0.39, 0.29) is 32.8 Å². The lowest BCUT2D eigenvalue weighted by atomic mass is 9.96. The fourth-order valence-corrected chi connectivity index (χ4v) is 3.67. The fourth-order valence-electron chi connectivity index (χ4n) is 3.36. The second-order valence-electron chi connectivity index (χ2n) is 6.02. The predicted molar refractivity (Wildman–Crippen MR) is 95.8 cm³/mol. The summed E-state index contributed by atoms with van der Waals surface area (Å²) in [5, 5.41) is 19.6. The number of aromatic nitrogens is 1. The maximum Gasteiger partial charge on any atom is 0.197 e. The zero-order chi connectivity index (χ0) is 19.3. The summed E-state index contributed by atoms with van der Waals surface area (Å²) in [6.07, 6.45) is 0. The van der Waals surface area contributed by atoms with Crippen LogP contribution in [0.1, 0.15) is 21.5 Å². The van der Waals surface area contributed by atoms with Crippen molar-refractivity contribution < 1.29 is 13.6 Å². The first-order valence-corrected chi connectivity index (χ1v) is 8.40. The number of hydrogen-bond acceptors (Lipinski definition) is 4. The molecule has 3 aromatic rings. The Morgan fingerprint density at radius 2 is 1.93 bits per heavy atom. The molecule has 0 saturated heterocycles. The van der Waals surface area contributed by atoms with E-state index in [0.29, 0.717) is 13.1 Å². The van der Waals surface area contributed by atoms with E-state index in [1.165, 1.54) is 10.6 Å². The number of halogens is 3. The fraction of sp³-hybridized carbons (Fsp3) is 0.105. The van der Waals surface area contributed by atoms with Crippen molar-refractivity contribution in [3.8, 4) is 6.07 Å². The Morgan fingerprint density at radius 1 is 1.22 bits per heavy atom. The molecule has 2 heterocycles. The van der Waals surface area contributed by atoms with Crippen LogP contribution in [0.3, 0.4) is 0 Å². The Hall–Kier alpha value is -3.24. The third-order valence-corrected chi connectivity index (χ3v) is 4.96. The van der Waals surface area contributed by atoms with Gasteiger partial charge in [-0.05, 0) is 0 Å². The number of pyridine rings is 1. The van der Waals surface area contributed by atoms with E-state index in [1.54, 1.807) is 30.3 Å². The molecule has 5 nitrogen and oxygen atoms in total. The molecular weight excluding hydrogens is 374 g/mol. The lowest BCUT2D eigenvalue weighted by Gasteiger charge is -2.16. The van der Waals surface area contributed by atoms with Crippen molar-refractivity contribution in [2.75, 3.05) is 11.9 Å². The van der Waals surface area contributed by atoms with E-state index in [4.69, 9.17) is 22.3 Å². The van der Waals surface area contributed by atoms with Gasteiger partial charge < -0.3 is 9.88 Å². The molecule has 0 fully saturated rings. The first-order chi connectivity index (χ1) is 13.0. The number of fused-ring (bicyclic) bond motifs is 2. The normalized spacial score (nSPS) is 12.5. The van der Waals surface area contributed by atoms with E-state index < -0.39 is 28.4 Å². The number of nitrogens with one attached hydrogen (secondary N) is 2. The van der Waals surface area contributed by atoms with Crippen LogP contribution in [0.25, 0.3) is 10.8 Å². The Morgan fingerprint density at radius 3 is 2.59 bits per heavy atom. The van der Waals surface area contributed by atoms with E-state index >= 15 is 0 Å². The number of rotatable bonds is 2. The molecule has 0 aliphatic carbocycles. The van der Waals surface area contributed by atoms with Crippen molar-refractivity contribution in [1.29, 1.82) is 10.7 Å². The predicted octanol–water partition coefficient (Wildman–Crippen LogP) is 3.58. The van der Waals surface area contributed by atoms with Gasteiger partial charge in [0.2, 0.25) is 0 Å². The molecule has 0 saturated carbocycles. The molecule has 27 heavy (non-hydrogen) atoms. The van der Waals surface area contributed by atoms with Crippen molar-refractivity contribution in [3.63, 3.8) is 0 Å². The van der Waals surface area contributed by atoms with Gasteiger partial charge in [-0.15, -0.1) is 0 Å². The number of nitrogens with zero attached hydrogens (tertiary/aromatic N) is 2. The van der Waals surface area contributed by atoms with Gasteiger partial charge in [0.05, 0.1) is 10.6 Å². The molecule has 2 N–H and O–H groups in total. The number of anilines is 1. The van der Waals surface area contributed by atoms with Crippen LogP contribution in [0.15, 0.2) is 30.3 Å². The van der Waals surface area contributed by atoms with Crippen LogP contribution in [0.4, 0.5) is 14.6 Å². The van der Waals surface area contributed by atoms with Gasteiger partial charge in [0, 0.05) is 29.4 Å². The van der Waals surface area contributed by atoms with E-state index in [9.17, 15) is 13.6 Å². The second-order valence-corrected chi connectivity index (χ2v) is 6.40. The summed E-state index contributed by atoms with van der Waals surface area (Å²) in [4.78, 5) is 13.1. The standard InChI is InChI=1S/C19H11ClF2N4O/c20-14-10(8-23)15(21)16(22)11-12(14)18(24)26-7-6-25-19(26)13(11)17(27)9-4-2-1-3-5-9/h1-5,24-25H,6-7H2. The number of ketones is 1. The van der Waals surface area contributed by atoms with Crippen LogP contribution in [0, 0.1) is 28.4 Å². The van der Waals surface area contributed by atoms with Crippen molar-refractivity contribution in [2.24, 2.45) is 0 Å². The maximum absolute atomic E-state index is 15.0. The van der Waals surface area contributed by atoms with Crippen LogP contribution in [-0.4, -0.2) is 16.9 Å². The molecule has 0 radical (unpaired) electrons. The van der Waals surface area contributed by atoms with E-state index in [1.807, 2.05) is 0 Å². The van der Waals surface area contributed by atoms with Crippen LogP contribution >= 0.6 is 11.6 Å². The van der Waals surface area contributed by atoms with Gasteiger partial charge in [0.25, 0.3) is 0 Å². The summed E-state index contributed by atoms with van der Waals surface area (Å²) in [5.74, 6) is -3.09. The average Bonchev–Trinajstić information content (AvgIpc) is 3.17. The minimum absolute atomic E-state index is 0.104. The molecule has 0 unspecified atom stereocenters. The third-order valence-electron chi connectivity index (χ3n) is 4.59. The monoisotopic (exact) mass is 384 g/mol. The lowest BCUT2D eigenvalue weighted by molar-refractivity contribution is 0.104. The molecular formula is C19H11ClF2N4O. The van der Waals surface area contributed by atoms with E-state index in [0.717, 1.165) is 0 Å². The lowest BCUT2D eigenvalue weighted by Crippen LogP contribution is -2.23. The first-order valence-electron chi connectivity index (χ1n) is 8.02. The van der Waals surface area contributed by atoms with Gasteiger partial charge in [-0.3, -0.25) is 10.2 Å². The number of benzene rings is 2. The zero-order valence-corrected chi connectivity index (χ0v) is 14.5. The summed E-state index contributed by atoms with van der Waals surface area (Å²) >= 11 is 6.15. The summed E-state index contributed by atoms with van der Waals surface area (Å²) < 4.78 is 30.9. The Bertz CT molecular complexity index is 1230. The molecule has 1 aliphatic rings. The van der Waals surface area contributed by atoms with Crippen LogP contribution in [0.5, 0.6) is 0 Å². The molecule has 0 atom stereocenters. The number of carbonyl (C=O) groups is 1. The molecule has 1 aromatic heterocycles. The van der Waals surface area contributed by atoms with Gasteiger partial charge in [0.15, 0.2) is 17.4 Å². The number of nitriles is 1. The van der Waals surface area contributed by atoms with Gasteiger partial charge in [-0.1, -0.05) is 41.9 Å². The second kappa shape index (κ2) is 6.18. The van der Waals surface area contributed by atoms with Crippen LogP contribution in [-0.2, 0) is 6.54 Å². The van der Waals surface area contributed by atoms with Gasteiger partial charge in [-0.25, -0.2) is 8.78 Å². The first kappa shape index (κ1) is 17.2. The highest BCUT2D eigenvalue weighted by Gasteiger charge is 2.30. The average molecular weight is 385 g/mol. The van der Waals surface area contributed by atoms with Crippen molar-refractivity contribution in [1.82, 2.24) is 4.57 Å². The largest absolute Gasteiger partial charge is 0.369 e. The number of carbonyl (C=O) groups excluding carboxylic acids is 1. The molecule has 4 rings (SSSR count). The summed E-state index contributed by atoms with van der Waals surface area (Å²) in [6.45, 7) is 0.778. The molecule has 0 bridgehead atoms. The van der Waals surface area contributed by atoms with Crippen LogP contribution in [0.2, 0.25) is 5.02 Å². The Balaban J connectivity index is 2.23. The minimum atomic E-state index is -1.43. The number of hydrogen-bond donors (Lipinski definition) is 2. The topological polar surface area (TPSA) is 81.7 Å². The Labute approximate surface area is 156 Å². The smallest absolute Gasteiger partial charge is 0.197 e. The van der Waals surface area contributed by atoms with Crippen LogP contribution < -0.4 is 10.8 Å². The third kappa shape index (κ3) is 2.34. The maximum atomic E-state index is 15.0. The molecule has 1 aliphatic heterocycles. The Kier molecular flexibility index (Phi) is 3.93.